The number of benzene rings is 1. The van der Waals surface area contributed by atoms with Gasteiger partial charge in [-0.15, -0.1) is 0 Å². The molecule has 0 spiro atoms. The molecule has 0 radical (unpaired) electrons. The van der Waals surface area contributed by atoms with Crippen molar-refractivity contribution in [1.82, 2.24) is 0 Å². The van der Waals surface area contributed by atoms with Gasteiger partial charge in [-0.25, -0.2) is 0 Å². The predicted octanol–water partition coefficient (Wildman–Crippen LogP) is 10.4. The van der Waals surface area contributed by atoms with Gasteiger partial charge >= 0.3 is 5.97 Å². The number of fused-ring (bicyclic) bond motifs is 5. The lowest BCUT2D eigenvalue weighted by Gasteiger charge is -2.50. The Bertz CT molecular complexity index is 878. The summed E-state index contributed by atoms with van der Waals surface area (Å²) in [6.07, 6.45) is 27.7. The van der Waals surface area contributed by atoms with Crippen molar-refractivity contribution in [2.75, 3.05) is 0 Å². The maximum absolute atomic E-state index is 12.8. The number of aryl methyl sites for hydroxylation is 1. The van der Waals surface area contributed by atoms with Crippen molar-refractivity contribution in [3.05, 3.63) is 29.3 Å². The monoisotopic (exact) mass is 538 g/mol. The molecule has 220 valence electrons. The van der Waals surface area contributed by atoms with Crippen LogP contribution in [0.3, 0.4) is 0 Å². The number of phenolic OH excluding ortho intramolecular Hbond substituents is 1. The van der Waals surface area contributed by atoms with Crippen molar-refractivity contribution in [2.45, 2.75) is 167 Å². The first-order valence-electron chi connectivity index (χ1n) is 17.0. The number of esters is 1. The molecule has 4 unspecified atom stereocenters. The number of carbonyl (C=O) groups is 1. The van der Waals surface area contributed by atoms with Crippen LogP contribution in [0.15, 0.2) is 18.2 Å². The van der Waals surface area contributed by atoms with Gasteiger partial charge in [-0.1, -0.05) is 110 Å². The number of ether oxygens (including phenoxy) is 1. The fourth-order valence-electron chi connectivity index (χ4n) is 8.57. The number of carbonyl (C=O) groups excluding carboxylic acids is 1. The minimum Gasteiger partial charge on any atom is -0.508 e. The van der Waals surface area contributed by atoms with Crippen molar-refractivity contribution in [2.24, 2.45) is 17.3 Å². The van der Waals surface area contributed by atoms with Crippen molar-refractivity contribution < 1.29 is 14.6 Å². The van der Waals surface area contributed by atoms with Crippen LogP contribution in [0.1, 0.15) is 166 Å². The van der Waals surface area contributed by atoms with E-state index in [9.17, 15) is 9.90 Å². The first-order valence-corrected chi connectivity index (χ1v) is 17.0. The van der Waals surface area contributed by atoms with Crippen LogP contribution in [-0.4, -0.2) is 17.2 Å². The first-order chi connectivity index (χ1) is 19.0. The molecule has 3 nitrogen and oxygen atoms in total. The molecule has 1 N–H and O–H groups in total. The molecule has 3 aliphatic carbocycles. The minimum absolute atomic E-state index is 0.0446. The molecular formula is C36H58O3. The van der Waals surface area contributed by atoms with E-state index in [-0.39, 0.29) is 17.5 Å². The van der Waals surface area contributed by atoms with Crippen LogP contribution in [0, 0.1) is 17.3 Å². The van der Waals surface area contributed by atoms with E-state index >= 15 is 0 Å². The van der Waals surface area contributed by atoms with Crippen LogP contribution in [0.4, 0.5) is 0 Å². The number of rotatable bonds is 17. The van der Waals surface area contributed by atoms with E-state index in [1.165, 1.54) is 114 Å². The summed E-state index contributed by atoms with van der Waals surface area (Å²) in [5, 5.41) is 9.93. The number of hydrogen-bond acceptors (Lipinski definition) is 3. The second-order valence-corrected chi connectivity index (χ2v) is 13.6. The van der Waals surface area contributed by atoms with Gasteiger partial charge in [0, 0.05) is 11.8 Å². The van der Waals surface area contributed by atoms with Crippen molar-refractivity contribution in [3.63, 3.8) is 0 Å². The number of hydrogen-bond donors (Lipinski definition) is 1. The van der Waals surface area contributed by atoms with Gasteiger partial charge in [-0.2, -0.15) is 0 Å². The highest BCUT2D eigenvalue weighted by atomic mass is 16.5. The third-order valence-corrected chi connectivity index (χ3v) is 10.9. The molecule has 2 saturated carbocycles. The Morgan fingerprint density at radius 1 is 0.846 bits per heavy atom. The molecule has 0 aromatic heterocycles. The lowest BCUT2D eigenvalue weighted by molar-refractivity contribution is -0.157. The fraction of sp³-hybridized carbons (Fsp3) is 0.806. The summed E-state index contributed by atoms with van der Waals surface area (Å²) >= 11 is 0. The Labute approximate surface area is 239 Å². The lowest BCUT2D eigenvalue weighted by Crippen LogP contribution is -2.45. The molecule has 0 amide bonds. The highest BCUT2D eigenvalue weighted by molar-refractivity contribution is 5.69. The zero-order valence-electron chi connectivity index (χ0n) is 25.4. The Hall–Kier alpha value is -1.51. The van der Waals surface area contributed by atoms with E-state index < -0.39 is 0 Å². The molecule has 5 atom stereocenters. The maximum Gasteiger partial charge on any atom is 0.306 e. The third kappa shape index (κ3) is 8.26. The second kappa shape index (κ2) is 15.5. The van der Waals surface area contributed by atoms with Gasteiger partial charge in [0.2, 0.25) is 0 Å². The summed E-state index contributed by atoms with van der Waals surface area (Å²) in [4.78, 5) is 12.8. The molecule has 1 aromatic rings. The topological polar surface area (TPSA) is 46.5 Å². The molecule has 3 aliphatic rings. The van der Waals surface area contributed by atoms with Crippen molar-refractivity contribution >= 4 is 5.97 Å². The highest BCUT2D eigenvalue weighted by Crippen LogP contribution is 2.61. The lowest BCUT2D eigenvalue weighted by atomic mass is 9.55. The number of phenols is 1. The van der Waals surface area contributed by atoms with E-state index in [0.717, 1.165) is 32.1 Å². The smallest absolute Gasteiger partial charge is 0.306 e. The van der Waals surface area contributed by atoms with Gasteiger partial charge < -0.3 is 9.84 Å². The molecule has 0 bridgehead atoms. The van der Waals surface area contributed by atoms with Gasteiger partial charge in [-0.05, 0) is 86.0 Å². The van der Waals surface area contributed by atoms with E-state index in [4.69, 9.17) is 4.74 Å². The quantitative estimate of drug-likeness (QED) is 0.158. The van der Waals surface area contributed by atoms with Crippen LogP contribution < -0.4 is 0 Å². The normalized spacial score (nSPS) is 27.5. The highest BCUT2D eigenvalue weighted by Gasteiger charge is 2.56. The van der Waals surface area contributed by atoms with Gasteiger partial charge in [0.1, 0.15) is 11.9 Å². The maximum atomic E-state index is 12.8. The minimum atomic E-state index is 0.0446. The van der Waals surface area contributed by atoms with E-state index in [0.29, 0.717) is 29.9 Å². The summed E-state index contributed by atoms with van der Waals surface area (Å²) in [6, 6.07) is 6.02. The standard InChI is InChI=1S/C36H58O3/c1-3-4-5-6-7-8-9-10-11-12-13-14-15-16-17-18-35(38)39-34-24-23-33-32-21-19-28-27-29(37)20-22-30(28)31(32)25-26-36(33,34)2/h20,22,27,31-34,37H,3-19,21,23-26H2,1-2H3/t31?,32?,33?,34?,36-/m0/s1. The third-order valence-electron chi connectivity index (χ3n) is 10.9. The number of aromatic hydroxyl groups is 1. The Balaban J connectivity index is 1.06. The SMILES string of the molecule is CCCCCCCCCCCCCCCCCC(=O)OC1CCC2C3CCc4cc(O)ccc4C3CC[C@]12C. The molecule has 39 heavy (non-hydrogen) atoms. The predicted molar refractivity (Wildman–Crippen MR) is 162 cm³/mol. The zero-order chi connectivity index (χ0) is 27.5. The molecular weight excluding hydrogens is 480 g/mol. The molecule has 2 fully saturated rings. The van der Waals surface area contributed by atoms with E-state index in [2.05, 4.69) is 19.9 Å². The summed E-state index contributed by atoms with van der Waals surface area (Å²) < 4.78 is 6.20. The Morgan fingerprint density at radius 3 is 2.10 bits per heavy atom. The average Bonchev–Trinajstić information content (AvgIpc) is 3.26. The summed E-state index contributed by atoms with van der Waals surface area (Å²) in [5.74, 6) is 2.40. The molecule has 4 rings (SSSR count). The first kappa shape index (κ1) is 30.4. The van der Waals surface area contributed by atoms with Crippen LogP contribution >= 0.6 is 0 Å². The van der Waals surface area contributed by atoms with Gasteiger partial charge in [-0.3, -0.25) is 4.79 Å². The molecule has 0 heterocycles. The summed E-state index contributed by atoms with van der Waals surface area (Å²) in [5.41, 5.74) is 2.96. The average molecular weight is 539 g/mol. The van der Waals surface area contributed by atoms with Gasteiger partial charge in [0.15, 0.2) is 0 Å². The van der Waals surface area contributed by atoms with Crippen LogP contribution in [-0.2, 0) is 16.0 Å². The fourth-order valence-corrected chi connectivity index (χ4v) is 8.57. The van der Waals surface area contributed by atoms with E-state index in [1.54, 1.807) is 0 Å². The summed E-state index contributed by atoms with van der Waals surface area (Å²) in [7, 11) is 0. The van der Waals surface area contributed by atoms with E-state index in [1.807, 2.05) is 12.1 Å². The zero-order valence-corrected chi connectivity index (χ0v) is 25.4. The van der Waals surface area contributed by atoms with Crippen LogP contribution in [0.2, 0.25) is 0 Å². The largest absolute Gasteiger partial charge is 0.508 e. The van der Waals surface area contributed by atoms with Gasteiger partial charge in [0.25, 0.3) is 0 Å². The Morgan fingerprint density at radius 2 is 1.46 bits per heavy atom. The van der Waals surface area contributed by atoms with Crippen LogP contribution in [0.25, 0.3) is 0 Å². The van der Waals surface area contributed by atoms with Gasteiger partial charge in [0.05, 0.1) is 0 Å². The van der Waals surface area contributed by atoms with Crippen LogP contribution in [0.5, 0.6) is 5.75 Å². The number of unbranched alkanes of at least 4 members (excludes halogenated alkanes) is 14. The van der Waals surface area contributed by atoms with Crippen molar-refractivity contribution in [3.8, 4) is 5.75 Å². The molecule has 0 aliphatic heterocycles. The molecule has 0 saturated heterocycles. The Kier molecular flexibility index (Phi) is 12.1. The van der Waals surface area contributed by atoms with Crippen molar-refractivity contribution in [1.29, 1.82) is 0 Å². The molecule has 3 heteroatoms. The molecule has 1 aromatic carbocycles. The second-order valence-electron chi connectivity index (χ2n) is 13.6. The summed E-state index contributed by atoms with van der Waals surface area (Å²) in [6.45, 7) is 4.70.